The second-order valence-corrected chi connectivity index (χ2v) is 6.37. The van der Waals surface area contributed by atoms with Crippen molar-refractivity contribution in [3.8, 4) is 0 Å². The van der Waals surface area contributed by atoms with Gasteiger partial charge in [0.05, 0.1) is 17.8 Å². The number of Topliss-reactive ketones (excluding diaryl/α,β-unsaturated/α-hetero) is 1. The summed E-state index contributed by atoms with van der Waals surface area (Å²) in [5, 5.41) is 0. The van der Waals surface area contributed by atoms with Crippen LogP contribution in [0.5, 0.6) is 0 Å². The molecule has 1 aliphatic rings. The van der Waals surface area contributed by atoms with Crippen molar-refractivity contribution in [3.63, 3.8) is 0 Å². The first-order valence-corrected chi connectivity index (χ1v) is 8.14. The Morgan fingerprint density at radius 2 is 2.25 bits per heavy atom. The molecule has 0 N–H and O–H groups in total. The van der Waals surface area contributed by atoms with Crippen LogP contribution in [0.3, 0.4) is 0 Å². The minimum atomic E-state index is 0.224. The van der Waals surface area contributed by atoms with Crippen molar-refractivity contribution in [2.45, 2.75) is 38.5 Å². The first kappa shape index (κ1) is 13.6. The average Bonchev–Trinajstić information content (AvgIpc) is 3.01. The average molecular weight is 289 g/mol. The molecule has 0 aliphatic heterocycles. The SMILES string of the molecule is Cc1cc(C(=O)CSCc2ccco2)c(C)n1C1CC1. The van der Waals surface area contributed by atoms with E-state index in [0.717, 1.165) is 22.8 Å². The first-order chi connectivity index (χ1) is 9.66. The van der Waals surface area contributed by atoms with Gasteiger partial charge in [-0.15, -0.1) is 11.8 Å². The number of furan rings is 1. The molecule has 0 unspecified atom stereocenters. The molecular weight excluding hydrogens is 270 g/mol. The van der Waals surface area contributed by atoms with Gasteiger partial charge >= 0.3 is 0 Å². The van der Waals surface area contributed by atoms with Gasteiger partial charge in [0.1, 0.15) is 5.76 Å². The van der Waals surface area contributed by atoms with Gasteiger partial charge < -0.3 is 8.98 Å². The Balaban J connectivity index is 1.63. The van der Waals surface area contributed by atoms with Gasteiger partial charge in [-0.2, -0.15) is 0 Å². The van der Waals surface area contributed by atoms with Gasteiger partial charge in [-0.25, -0.2) is 0 Å². The normalized spacial score (nSPS) is 14.7. The maximum absolute atomic E-state index is 12.3. The molecule has 1 fully saturated rings. The maximum Gasteiger partial charge on any atom is 0.174 e. The monoisotopic (exact) mass is 289 g/mol. The molecule has 20 heavy (non-hydrogen) atoms. The molecule has 3 rings (SSSR count). The number of aryl methyl sites for hydroxylation is 1. The zero-order chi connectivity index (χ0) is 14.1. The Bertz CT molecular complexity index is 609. The van der Waals surface area contributed by atoms with Gasteiger partial charge in [0.2, 0.25) is 0 Å². The molecule has 0 spiro atoms. The van der Waals surface area contributed by atoms with Gasteiger partial charge in [-0.05, 0) is 44.9 Å². The lowest BCUT2D eigenvalue weighted by Crippen LogP contribution is -2.06. The highest BCUT2D eigenvalue weighted by Gasteiger charge is 2.28. The Morgan fingerprint density at radius 1 is 1.45 bits per heavy atom. The summed E-state index contributed by atoms with van der Waals surface area (Å²) in [6, 6.07) is 6.49. The molecule has 106 valence electrons. The second-order valence-electron chi connectivity index (χ2n) is 5.38. The summed E-state index contributed by atoms with van der Waals surface area (Å²) in [6.45, 7) is 4.16. The molecule has 0 atom stereocenters. The molecule has 0 aromatic carbocycles. The first-order valence-electron chi connectivity index (χ1n) is 6.98. The molecule has 1 aliphatic carbocycles. The highest BCUT2D eigenvalue weighted by molar-refractivity contribution is 7.99. The van der Waals surface area contributed by atoms with E-state index < -0.39 is 0 Å². The highest BCUT2D eigenvalue weighted by Crippen LogP contribution is 2.38. The second kappa shape index (κ2) is 5.52. The van der Waals surface area contributed by atoms with Crippen molar-refractivity contribution >= 4 is 17.5 Å². The van der Waals surface area contributed by atoms with E-state index in [0.29, 0.717) is 11.8 Å². The number of aromatic nitrogens is 1. The molecule has 1 saturated carbocycles. The predicted molar refractivity (Wildman–Crippen MR) is 81.4 cm³/mol. The molecule has 2 heterocycles. The van der Waals surface area contributed by atoms with Crippen LogP contribution in [0, 0.1) is 13.8 Å². The van der Waals surface area contributed by atoms with E-state index in [-0.39, 0.29) is 5.78 Å². The Morgan fingerprint density at radius 3 is 2.90 bits per heavy atom. The number of carbonyl (C=O) groups is 1. The van der Waals surface area contributed by atoms with Crippen LogP contribution in [0.4, 0.5) is 0 Å². The van der Waals surface area contributed by atoms with Crippen LogP contribution < -0.4 is 0 Å². The van der Waals surface area contributed by atoms with Gasteiger partial charge in [0.15, 0.2) is 5.78 Å². The predicted octanol–water partition coefficient (Wildman–Crippen LogP) is 4.15. The number of ketones is 1. The third-order valence-electron chi connectivity index (χ3n) is 3.75. The smallest absolute Gasteiger partial charge is 0.174 e. The number of hydrogen-bond donors (Lipinski definition) is 0. The largest absolute Gasteiger partial charge is 0.468 e. The van der Waals surface area contributed by atoms with Crippen LogP contribution >= 0.6 is 11.8 Å². The summed E-state index contributed by atoms with van der Waals surface area (Å²) in [6.07, 6.45) is 4.16. The van der Waals surface area contributed by atoms with Crippen LogP contribution in [0.25, 0.3) is 0 Å². The van der Waals surface area contributed by atoms with Crippen LogP contribution in [0.1, 0.15) is 46.4 Å². The number of thioether (sulfide) groups is 1. The Hall–Kier alpha value is -1.42. The van der Waals surface area contributed by atoms with E-state index in [1.165, 1.54) is 18.5 Å². The van der Waals surface area contributed by atoms with Crippen molar-refractivity contribution in [2.75, 3.05) is 5.75 Å². The fraction of sp³-hybridized carbons (Fsp3) is 0.438. The number of hydrogen-bond acceptors (Lipinski definition) is 3. The summed E-state index contributed by atoms with van der Waals surface area (Å²) in [7, 11) is 0. The van der Waals surface area contributed by atoms with Crippen LogP contribution in [0.15, 0.2) is 28.9 Å². The van der Waals surface area contributed by atoms with Gasteiger partial charge in [-0.1, -0.05) is 0 Å². The van der Waals surface area contributed by atoms with Crippen molar-refractivity contribution in [2.24, 2.45) is 0 Å². The lowest BCUT2D eigenvalue weighted by molar-refractivity contribution is 0.102. The third-order valence-corrected chi connectivity index (χ3v) is 4.71. The van der Waals surface area contributed by atoms with Gasteiger partial charge in [0, 0.05) is 23.0 Å². The van der Waals surface area contributed by atoms with Crippen molar-refractivity contribution in [1.82, 2.24) is 4.57 Å². The maximum atomic E-state index is 12.3. The molecule has 2 aromatic rings. The Kier molecular flexibility index (Phi) is 3.74. The summed E-state index contributed by atoms with van der Waals surface area (Å²) in [5.41, 5.74) is 3.24. The van der Waals surface area contributed by atoms with E-state index in [1.54, 1.807) is 18.0 Å². The van der Waals surface area contributed by atoms with Crippen molar-refractivity contribution < 1.29 is 9.21 Å². The summed E-state index contributed by atoms with van der Waals surface area (Å²) in [4.78, 5) is 12.3. The zero-order valence-electron chi connectivity index (χ0n) is 11.9. The van der Waals surface area contributed by atoms with E-state index in [1.807, 2.05) is 18.2 Å². The molecule has 0 bridgehead atoms. The molecule has 0 saturated heterocycles. The summed E-state index contributed by atoms with van der Waals surface area (Å²) >= 11 is 1.61. The van der Waals surface area contributed by atoms with Crippen LogP contribution in [-0.2, 0) is 5.75 Å². The fourth-order valence-electron chi connectivity index (χ4n) is 2.67. The number of rotatable bonds is 6. The minimum Gasteiger partial charge on any atom is -0.468 e. The molecule has 0 radical (unpaired) electrons. The van der Waals surface area contributed by atoms with E-state index in [9.17, 15) is 4.79 Å². The molecule has 2 aromatic heterocycles. The minimum absolute atomic E-state index is 0.224. The van der Waals surface area contributed by atoms with Gasteiger partial charge in [0.25, 0.3) is 0 Å². The molecular formula is C16H19NO2S. The zero-order valence-corrected chi connectivity index (χ0v) is 12.7. The summed E-state index contributed by atoms with van der Waals surface area (Å²) in [5.74, 6) is 2.41. The lowest BCUT2D eigenvalue weighted by Gasteiger charge is -2.07. The Labute approximate surface area is 123 Å². The topological polar surface area (TPSA) is 35.1 Å². The number of carbonyl (C=O) groups excluding carboxylic acids is 1. The van der Waals surface area contributed by atoms with Crippen molar-refractivity contribution in [1.29, 1.82) is 0 Å². The number of nitrogens with zero attached hydrogens (tertiary/aromatic N) is 1. The third kappa shape index (κ3) is 2.70. The molecule has 4 heteroatoms. The van der Waals surface area contributed by atoms with E-state index >= 15 is 0 Å². The van der Waals surface area contributed by atoms with Crippen molar-refractivity contribution in [3.05, 3.63) is 47.2 Å². The quantitative estimate of drug-likeness (QED) is 0.749. The fourth-order valence-corrected chi connectivity index (χ4v) is 3.48. The van der Waals surface area contributed by atoms with E-state index in [4.69, 9.17) is 4.42 Å². The lowest BCUT2D eigenvalue weighted by atomic mass is 10.2. The van der Waals surface area contributed by atoms with Crippen LogP contribution in [0.2, 0.25) is 0 Å². The van der Waals surface area contributed by atoms with Crippen LogP contribution in [-0.4, -0.2) is 16.1 Å². The van der Waals surface area contributed by atoms with Gasteiger partial charge in [-0.3, -0.25) is 4.79 Å². The molecule has 3 nitrogen and oxygen atoms in total. The standard InChI is InChI=1S/C16H19NO2S/c1-11-8-15(12(2)17(11)13-5-6-13)16(18)10-20-9-14-4-3-7-19-14/h3-4,7-8,13H,5-6,9-10H2,1-2H3. The molecule has 0 amide bonds. The summed E-state index contributed by atoms with van der Waals surface area (Å²) < 4.78 is 7.60. The van der Waals surface area contributed by atoms with E-state index in [2.05, 4.69) is 18.4 Å². The highest BCUT2D eigenvalue weighted by atomic mass is 32.2.